The summed E-state index contributed by atoms with van der Waals surface area (Å²) in [6, 6.07) is 5.70. The van der Waals surface area contributed by atoms with Crippen LogP contribution in [-0.4, -0.2) is 17.2 Å². The van der Waals surface area contributed by atoms with E-state index in [1.165, 1.54) is 0 Å². The molecule has 1 aromatic carbocycles. The third-order valence-corrected chi connectivity index (χ3v) is 3.55. The molecule has 0 radical (unpaired) electrons. The molecular formula is C12H12BrFO2. The highest BCUT2D eigenvalue weighted by atomic mass is 79.9. The first-order valence-corrected chi connectivity index (χ1v) is 6.04. The zero-order valence-corrected chi connectivity index (χ0v) is 10.2. The fourth-order valence-electron chi connectivity index (χ4n) is 2.28. The molecule has 0 heterocycles. The normalized spacial score (nSPS) is 21.2. The lowest BCUT2D eigenvalue weighted by Gasteiger charge is -2.26. The molecule has 16 heavy (non-hydrogen) atoms. The average Bonchev–Trinajstić information content (AvgIpc) is 2.27. The number of rotatable bonds is 2. The third kappa shape index (κ3) is 2.12. The van der Waals surface area contributed by atoms with E-state index in [9.17, 15) is 9.18 Å². The maximum atomic E-state index is 13.6. The molecule has 2 unspecified atom stereocenters. The van der Waals surface area contributed by atoms with Crippen molar-refractivity contribution in [2.24, 2.45) is 0 Å². The maximum Gasteiger partial charge on any atom is 0.338 e. The fraction of sp³-hybridized carbons (Fsp3) is 0.417. The zero-order valence-electron chi connectivity index (χ0n) is 8.62. The molecule has 2 atom stereocenters. The Morgan fingerprint density at radius 1 is 1.56 bits per heavy atom. The molecule has 0 aliphatic heterocycles. The minimum Gasteiger partial charge on any atom is -0.479 e. The first-order chi connectivity index (χ1) is 7.59. The van der Waals surface area contributed by atoms with Crippen LogP contribution in [0, 0.1) is 0 Å². The highest BCUT2D eigenvalue weighted by molar-refractivity contribution is 9.10. The molecule has 4 heteroatoms. The first kappa shape index (κ1) is 11.6. The Balaban J connectivity index is 2.38. The van der Waals surface area contributed by atoms with Crippen molar-refractivity contribution in [3.8, 4) is 0 Å². The Bertz CT molecular complexity index is 419. The number of carboxylic acid groups (broad SMARTS) is 1. The number of aliphatic carboxylic acids is 1. The summed E-state index contributed by atoms with van der Waals surface area (Å²) < 4.78 is 14.5. The topological polar surface area (TPSA) is 37.3 Å². The van der Waals surface area contributed by atoms with Crippen LogP contribution in [0.2, 0.25) is 0 Å². The second kappa shape index (κ2) is 4.53. The van der Waals surface area contributed by atoms with Gasteiger partial charge in [-0.3, -0.25) is 0 Å². The van der Waals surface area contributed by atoms with Crippen LogP contribution in [0.15, 0.2) is 22.7 Å². The summed E-state index contributed by atoms with van der Waals surface area (Å²) in [4.78, 5) is 10.7. The number of carboxylic acids is 1. The maximum absolute atomic E-state index is 13.6. The van der Waals surface area contributed by atoms with E-state index < -0.39 is 18.1 Å². The summed E-state index contributed by atoms with van der Waals surface area (Å²) in [7, 11) is 0. The summed E-state index contributed by atoms with van der Waals surface area (Å²) in [6.45, 7) is 0. The Morgan fingerprint density at radius 2 is 2.31 bits per heavy atom. The SMILES string of the molecule is O=C(O)C(F)C1CCCc2ccc(Br)cc21. The third-order valence-electron chi connectivity index (χ3n) is 3.06. The van der Waals surface area contributed by atoms with E-state index >= 15 is 0 Å². The van der Waals surface area contributed by atoms with Crippen molar-refractivity contribution < 1.29 is 14.3 Å². The Hall–Kier alpha value is -0.900. The van der Waals surface area contributed by atoms with Crippen LogP contribution in [0.3, 0.4) is 0 Å². The van der Waals surface area contributed by atoms with Gasteiger partial charge in [0.25, 0.3) is 0 Å². The summed E-state index contributed by atoms with van der Waals surface area (Å²) in [6.07, 6.45) is 0.573. The Morgan fingerprint density at radius 3 is 3.00 bits per heavy atom. The van der Waals surface area contributed by atoms with Gasteiger partial charge in [-0.25, -0.2) is 9.18 Å². The number of halogens is 2. The van der Waals surface area contributed by atoms with Crippen LogP contribution in [0.1, 0.15) is 29.9 Å². The quantitative estimate of drug-likeness (QED) is 0.906. The molecule has 0 saturated carbocycles. The van der Waals surface area contributed by atoms with Gasteiger partial charge in [0.2, 0.25) is 6.17 Å². The second-order valence-corrected chi connectivity index (χ2v) is 5.00. The number of hydrogen-bond acceptors (Lipinski definition) is 1. The highest BCUT2D eigenvalue weighted by Crippen LogP contribution is 2.36. The number of fused-ring (bicyclic) bond motifs is 1. The van der Waals surface area contributed by atoms with E-state index in [4.69, 9.17) is 5.11 Å². The lowest BCUT2D eigenvalue weighted by atomic mass is 9.80. The van der Waals surface area contributed by atoms with Gasteiger partial charge >= 0.3 is 5.97 Å². The summed E-state index contributed by atoms with van der Waals surface area (Å²) in [5, 5.41) is 8.74. The lowest BCUT2D eigenvalue weighted by Crippen LogP contribution is -2.26. The standard InChI is InChI=1S/C12H12BrFO2/c13-8-5-4-7-2-1-3-9(10(7)6-8)11(14)12(15)16/h4-6,9,11H,1-3H2,(H,15,16). The van der Waals surface area contributed by atoms with Crippen LogP contribution in [-0.2, 0) is 11.2 Å². The van der Waals surface area contributed by atoms with Crippen LogP contribution >= 0.6 is 15.9 Å². The van der Waals surface area contributed by atoms with Gasteiger partial charge in [-0.1, -0.05) is 22.0 Å². The van der Waals surface area contributed by atoms with E-state index in [0.717, 1.165) is 28.4 Å². The van der Waals surface area contributed by atoms with Crippen molar-refractivity contribution in [1.29, 1.82) is 0 Å². The molecule has 2 rings (SSSR count). The van der Waals surface area contributed by atoms with E-state index in [1.807, 2.05) is 18.2 Å². The molecule has 1 N–H and O–H groups in total. The monoisotopic (exact) mass is 286 g/mol. The molecule has 0 bridgehead atoms. The van der Waals surface area contributed by atoms with Gasteiger partial charge in [0, 0.05) is 10.4 Å². The molecule has 2 nitrogen and oxygen atoms in total. The molecule has 1 aliphatic rings. The van der Waals surface area contributed by atoms with Gasteiger partial charge in [0.05, 0.1) is 0 Å². The van der Waals surface area contributed by atoms with Crippen molar-refractivity contribution in [2.45, 2.75) is 31.4 Å². The predicted octanol–water partition coefficient (Wildman–Crippen LogP) is 3.29. The minimum absolute atomic E-state index is 0.501. The number of aryl methyl sites for hydroxylation is 1. The molecule has 86 valence electrons. The van der Waals surface area contributed by atoms with Crippen molar-refractivity contribution in [3.05, 3.63) is 33.8 Å². The zero-order chi connectivity index (χ0) is 11.7. The molecule has 0 fully saturated rings. The molecule has 0 spiro atoms. The van der Waals surface area contributed by atoms with E-state index in [1.54, 1.807) is 0 Å². The van der Waals surface area contributed by atoms with Crippen LogP contribution < -0.4 is 0 Å². The number of carbonyl (C=O) groups is 1. The predicted molar refractivity (Wildman–Crippen MR) is 62.4 cm³/mol. The smallest absolute Gasteiger partial charge is 0.338 e. The van der Waals surface area contributed by atoms with Crippen molar-refractivity contribution in [2.75, 3.05) is 0 Å². The van der Waals surface area contributed by atoms with Crippen LogP contribution in [0.5, 0.6) is 0 Å². The molecule has 1 aromatic rings. The first-order valence-electron chi connectivity index (χ1n) is 5.25. The molecule has 0 aromatic heterocycles. The number of benzene rings is 1. The Labute approximate surface area is 102 Å². The van der Waals surface area contributed by atoms with Gasteiger partial charge in [-0.05, 0) is 42.5 Å². The molecule has 0 amide bonds. The van der Waals surface area contributed by atoms with Crippen molar-refractivity contribution in [1.82, 2.24) is 0 Å². The molecular weight excluding hydrogens is 275 g/mol. The largest absolute Gasteiger partial charge is 0.479 e. The summed E-state index contributed by atoms with van der Waals surface area (Å²) in [5.74, 6) is -1.86. The second-order valence-electron chi connectivity index (χ2n) is 4.08. The minimum atomic E-state index is -1.80. The Kier molecular flexibility index (Phi) is 3.28. The van der Waals surface area contributed by atoms with Crippen LogP contribution in [0.25, 0.3) is 0 Å². The summed E-state index contributed by atoms with van der Waals surface area (Å²) in [5.41, 5.74) is 1.92. The van der Waals surface area contributed by atoms with E-state index in [2.05, 4.69) is 15.9 Å². The van der Waals surface area contributed by atoms with Crippen LogP contribution in [0.4, 0.5) is 4.39 Å². The van der Waals surface area contributed by atoms with Crippen molar-refractivity contribution in [3.63, 3.8) is 0 Å². The van der Waals surface area contributed by atoms with Gasteiger partial charge < -0.3 is 5.11 Å². The fourth-order valence-corrected chi connectivity index (χ4v) is 2.66. The van der Waals surface area contributed by atoms with Gasteiger partial charge in [-0.2, -0.15) is 0 Å². The van der Waals surface area contributed by atoms with Gasteiger partial charge in [0.1, 0.15) is 0 Å². The van der Waals surface area contributed by atoms with Gasteiger partial charge in [-0.15, -0.1) is 0 Å². The van der Waals surface area contributed by atoms with Gasteiger partial charge in [0.15, 0.2) is 0 Å². The highest BCUT2D eigenvalue weighted by Gasteiger charge is 2.32. The van der Waals surface area contributed by atoms with E-state index in [-0.39, 0.29) is 0 Å². The van der Waals surface area contributed by atoms with E-state index in [0.29, 0.717) is 6.42 Å². The molecule has 1 aliphatic carbocycles. The number of alkyl halides is 1. The average molecular weight is 287 g/mol. The molecule has 0 saturated heterocycles. The number of hydrogen-bond donors (Lipinski definition) is 1. The van der Waals surface area contributed by atoms with Crippen molar-refractivity contribution >= 4 is 21.9 Å². The summed E-state index contributed by atoms with van der Waals surface area (Å²) >= 11 is 3.33. The lowest BCUT2D eigenvalue weighted by molar-refractivity contribution is -0.143.